The van der Waals surface area contributed by atoms with Crippen LogP contribution in [0.5, 0.6) is 0 Å². The first-order chi connectivity index (χ1) is 9.87. The quantitative estimate of drug-likeness (QED) is 0.815. The lowest BCUT2D eigenvalue weighted by molar-refractivity contribution is 0.0256. The number of nitrogens with zero attached hydrogens (tertiary/aromatic N) is 1. The third-order valence-corrected chi connectivity index (χ3v) is 3.33. The highest BCUT2D eigenvalue weighted by atomic mass is 19.1. The Morgan fingerprint density at radius 2 is 2.10 bits per heavy atom. The first kappa shape index (κ1) is 15.5. The summed E-state index contributed by atoms with van der Waals surface area (Å²) in [6, 6.07) is 6.58. The van der Waals surface area contributed by atoms with E-state index in [4.69, 9.17) is 4.74 Å². The standard InChI is InChI=1S/C17H22FNO2/c1-17(2,3)21-16(20)19-12-6-8-14(19)11-10-13-7-4-5-9-15(13)18/h4-5,7,9-11,14H,6,8,12H2,1-3H3. The summed E-state index contributed by atoms with van der Waals surface area (Å²) in [5.41, 5.74) is 0.0352. The minimum absolute atomic E-state index is 0.0283. The maximum absolute atomic E-state index is 13.6. The van der Waals surface area contributed by atoms with Crippen LogP contribution in [0, 0.1) is 5.82 Å². The molecular formula is C17H22FNO2. The molecule has 0 radical (unpaired) electrons. The van der Waals surface area contributed by atoms with E-state index in [2.05, 4.69) is 0 Å². The van der Waals surface area contributed by atoms with Crippen molar-refractivity contribution in [2.45, 2.75) is 45.3 Å². The first-order valence-corrected chi connectivity index (χ1v) is 7.29. The number of carbonyl (C=O) groups is 1. The molecular weight excluding hydrogens is 269 g/mol. The van der Waals surface area contributed by atoms with Gasteiger partial charge in [0.05, 0.1) is 6.04 Å². The minimum Gasteiger partial charge on any atom is -0.444 e. The fourth-order valence-corrected chi connectivity index (χ4v) is 2.36. The summed E-state index contributed by atoms with van der Waals surface area (Å²) < 4.78 is 19.0. The molecule has 21 heavy (non-hydrogen) atoms. The zero-order valence-electron chi connectivity index (χ0n) is 12.8. The Hall–Kier alpha value is -1.84. The lowest BCUT2D eigenvalue weighted by Gasteiger charge is -2.27. The molecule has 1 saturated heterocycles. The number of likely N-dealkylation sites (tertiary alicyclic amines) is 1. The normalized spacial score (nSPS) is 19.2. The van der Waals surface area contributed by atoms with Crippen molar-refractivity contribution in [1.82, 2.24) is 4.90 Å². The van der Waals surface area contributed by atoms with E-state index in [1.807, 2.05) is 26.8 Å². The predicted molar refractivity (Wildman–Crippen MR) is 81.4 cm³/mol. The van der Waals surface area contributed by atoms with Crippen molar-refractivity contribution in [2.24, 2.45) is 0 Å². The van der Waals surface area contributed by atoms with Crippen LogP contribution in [0.25, 0.3) is 6.08 Å². The van der Waals surface area contributed by atoms with E-state index in [1.54, 1.807) is 29.2 Å². The fraction of sp³-hybridized carbons (Fsp3) is 0.471. The summed E-state index contributed by atoms with van der Waals surface area (Å²) in [7, 11) is 0. The van der Waals surface area contributed by atoms with Gasteiger partial charge in [0, 0.05) is 12.1 Å². The van der Waals surface area contributed by atoms with Crippen LogP contribution in [0.4, 0.5) is 9.18 Å². The van der Waals surface area contributed by atoms with Crippen LogP contribution in [-0.4, -0.2) is 29.2 Å². The van der Waals surface area contributed by atoms with Crippen molar-refractivity contribution < 1.29 is 13.9 Å². The maximum Gasteiger partial charge on any atom is 0.410 e. The van der Waals surface area contributed by atoms with Crippen molar-refractivity contribution in [2.75, 3.05) is 6.54 Å². The molecule has 1 amide bonds. The highest BCUT2D eigenvalue weighted by Crippen LogP contribution is 2.22. The predicted octanol–water partition coefficient (Wildman–Crippen LogP) is 4.24. The van der Waals surface area contributed by atoms with Gasteiger partial charge in [-0.1, -0.05) is 30.4 Å². The van der Waals surface area contributed by atoms with Crippen molar-refractivity contribution in [3.05, 3.63) is 41.7 Å². The molecule has 1 unspecified atom stereocenters. The summed E-state index contributed by atoms with van der Waals surface area (Å²) in [4.78, 5) is 13.9. The van der Waals surface area contributed by atoms with Gasteiger partial charge in [0.15, 0.2) is 0 Å². The number of ether oxygens (including phenoxy) is 1. The highest BCUT2D eigenvalue weighted by Gasteiger charge is 2.30. The molecule has 1 heterocycles. The number of halogens is 1. The number of hydrogen-bond donors (Lipinski definition) is 0. The van der Waals surface area contributed by atoms with Crippen molar-refractivity contribution >= 4 is 12.2 Å². The smallest absolute Gasteiger partial charge is 0.410 e. The van der Waals surface area contributed by atoms with E-state index in [0.717, 1.165) is 12.8 Å². The molecule has 2 rings (SSSR count). The Labute approximate surface area is 125 Å². The molecule has 1 aromatic carbocycles. The van der Waals surface area contributed by atoms with Gasteiger partial charge in [0.1, 0.15) is 11.4 Å². The van der Waals surface area contributed by atoms with E-state index < -0.39 is 5.60 Å². The van der Waals surface area contributed by atoms with Crippen LogP contribution >= 0.6 is 0 Å². The molecule has 1 aliphatic rings. The molecule has 1 aliphatic heterocycles. The summed E-state index contributed by atoms with van der Waals surface area (Å²) in [5, 5.41) is 0. The SMILES string of the molecule is CC(C)(C)OC(=O)N1CCCC1C=Cc1ccccc1F. The van der Waals surface area contributed by atoms with Gasteiger partial charge in [-0.15, -0.1) is 0 Å². The average Bonchev–Trinajstić information content (AvgIpc) is 2.84. The second-order valence-electron chi connectivity index (χ2n) is 6.26. The molecule has 3 nitrogen and oxygen atoms in total. The topological polar surface area (TPSA) is 29.5 Å². The lowest BCUT2D eigenvalue weighted by atomic mass is 10.1. The van der Waals surface area contributed by atoms with E-state index >= 15 is 0 Å². The number of hydrogen-bond acceptors (Lipinski definition) is 2. The van der Waals surface area contributed by atoms with E-state index in [1.165, 1.54) is 6.07 Å². The summed E-state index contributed by atoms with van der Waals surface area (Å²) >= 11 is 0. The van der Waals surface area contributed by atoms with Crippen molar-refractivity contribution in [3.63, 3.8) is 0 Å². The third-order valence-electron chi connectivity index (χ3n) is 3.33. The molecule has 0 aromatic heterocycles. The van der Waals surface area contributed by atoms with Crippen molar-refractivity contribution in [1.29, 1.82) is 0 Å². The van der Waals surface area contributed by atoms with Gasteiger partial charge in [-0.2, -0.15) is 0 Å². The molecule has 1 aromatic rings. The van der Waals surface area contributed by atoms with Gasteiger partial charge in [-0.3, -0.25) is 0 Å². The van der Waals surface area contributed by atoms with Crippen LogP contribution in [-0.2, 0) is 4.74 Å². The van der Waals surface area contributed by atoms with Gasteiger partial charge in [0.2, 0.25) is 0 Å². The number of carbonyl (C=O) groups excluding carboxylic acids is 1. The summed E-state index contributed by atoms with van der Waals surface area (Å²) in [6.45, 7) is 6.24. The Morgan fingerprint density at radius 3 is 2.76 bits per heavy atom. The zero-order chi connectivity index (χ0) is 15.5. The molecule has 4 heteroatoms. The largest absolute Gasteiger partial charge is 0.444 e. The molecule has 0 N–H and O–H groups in total. The van der Waals surface area contributed by atoms with Crippen LogP contribution in [0.1, 0.15) is 39.2 Å². The fourth-order valence-electron chi connectivity index (χ4n) is 2.36. The van der Waals surface area contributed by atoms with Gasteiger partial charge < -0.3 is 9.64 Å². The average molecular weight is 291 g/mol. The molecule has 0 spiro atoms. The van der Waals surface area contributed by atoms with Gasteiger partial charge in [0.25, 0.3) is 0 Å². The molecule has 0 bridgehead atoms. The van der Waals surface area contributed by atoms with E-state index in [-0.39, 0.29) is 18.0 Å². The molecule has 1 atom stereocenters. The Morgan fingerprint density at radius 1 is 1.38 bits per heavy atom. The highest BCUT2D eigenvalue weighted by molar-refractivity contribution is 5.69. The third kappa shape index (κ3) is 4.31. The summed E-state index contributed by atoms with van der Waals surface area (Å²) in [5.74, 6) is -0.254. The zero-order valence-corrected chi connectivity index (χ0v) is 12.8. The van der Waals surface area contributed by atoms with Crippen molar-refractivity contribution in [3.8, 4) is 0 Å². The van der Waals surface area contributed by atoms with Crippen LogP contribution in [0.15, 0.2) is 30.3 Å². The maximum atomic E-state index is 13.6. The molecule has 1 fully saturated rings. The molecule has 0 saturated carbocycles. The van der Waals surface area contributed by atoms with Gasteiger partial charge >= 0.3 is 6.09 Å². The number of benzene rings is 1. The lowest BCUT2D eigenvalue weighted by Crippen LogP contribution is -2.39. The molecule has 0 aliphatic carbocycles. The van der Waals surface area contributed by atoms with Gasteiger partial charge in [-0.05, 0) is 39.7 Å². The second kappa shape index (κ2) is 6.29. The first-order valence-electron chi connectivity index (χ1n) is 7.29. The minimum atomic E-state index is -0.501. The number of rotatable bonds is 2. The van der Waals surface area contributed by atoms with Crippen LogP contribution < -0.4 is 0 Å². The monoisotopic (exact) mass is 291 g/mol. The van der Waals surface area contributed by atoms with Crippen LogP contribution in [0.3, 0.4) is 0 Å². The Kier molecular flexibility index (Phi) is 4.66. The van der Waals surface area contributed by atoms with Crippen LogP contribution in [0.2, 0.25) is 0 Å². The molecule has 114 valence electrons. The second-order valence-corrected chi connectivity index (χ2v) is 6.26. The van der Waals surface area contributed by atoms with E-state index in [9.17, 15) is 9.18 Å². The Bertz CT molecular complexity index is 534. The van der Waals surface area contributed by atoms with Gasteiger partial charge in [-0.25, -0.2) is 9.18 Å². The number of amides is 1. The van der Waals surface area contributed by atoms with E-state index in [0.29, 0.717) is 12.1 Å². The summed E-state index contributed by atoms with van der Waals surface area (Å²) in [6.07, 6.45) is 5.14. The Balaban J connectivity index is 2.06.